The summed E-state index contributed by atoms with van der Waals surface area (Å²) in [5.74, 6) is -0.252. The van der Waals surface area contributed by atoms with Gasteiger partial charge in [-0.3, -0.25) is 19.5 Å². The molecule has 1 aromatic heterocycles. The van der Waals surface area contributed by atoms with Gasteiger partial charge in [-0.25, -0.2) is 0 Å². The molecule has 1 N–H and O–H groups in total. The molecule has 30 heavy (non-hydrogen) atoms. The number of carbonyl (C=O) groups excluding carboxylic acids is 2. The summed E-state index contributed by atoms with van der Waals surface area (Å²) >= 11 is 6.22. The lowest BCUT2D eigenvalue weighted by molar-refractivity contribution is -0.137. The largest absolute Gasteiger partial charge is 0.495 e. The van der Waals surface area contributed by atoms with Crippen LogP contribution < -0.4 is 10.1 Å². The zero-order valence-electron chi connectivity index (χ0n) is 16.1. The van der Waals surface area contributed by atoms with Crippen molar-refractivity contribution in [2.75, 3.05) is 12.4 Å². The number of imide groups is 1. The van der Waals surface area contributed by atoms with Crippen LogP contribution in [0.2, 0.25) is 5.02 Å². The minimum absolute atomic E-state index is 0.135. The first-order valence-corrected chi connectivity index (χ1v) is 9.61. The van der Waals surface area contributed by atoms with Crippen molar-refractivity contribution in [3.05, 3.63) is 94.9 Å². The Balaban J connectivity index is 1.73. The van der Waals surface area contributed by atoms with Crippen LogP contribution in [0.1, 0.15) is 11.1 Å². The molecule has 1 aliphatic rings. The van der Waals surface area contributed by atoms with Crippen molar-refractivity contribution < 1.29 is 14.3 Å². The van der Waals surface area contributed by atoms with E-state index in [9.17, 15) is 9.59 Å². The van der Waals surface area contributed by atoms with Crippen LogP contribution in [0.4, 0.5) is 5.69 Å². The number of nitrogens with one attached hydrogen (secondary N) is 1. The first kappa shape index (κ1) is 19.7. The molecule has 2 heterocycles. The van der Waals surface area contributed by atoms with Gasteiger partial charge in [-0.2, -0.15) is 0 Å². The molecule has 6 nitrogen and oxygen atoms in total. The van der Waals surface area contributed by atoms with E-state index in [0.717, 1.165) is 5.56 Å². The normalized spacial score (nSPS) is 13.7. The number of methoxy groups -OCH3 is 1. The third-order valence-corrected chi connectivity index (χ3v) is 5.01. The Morgan fingerprint density at radius 1 is 1.03 bits per heavy atom. The van der Waals surface area contributed by atoms with Gasteiger partial charge in [0.1, 0.15) is 11.4 Å². The smallest absolute Gasteiger partial charge is 0.278 e. The highest BCUT2D eigenvalue weighted by atomic mass is 35.5. The zero-order valence-corrected chi connectivity index (χ0v) is 16.9. The number of nitrogens with zero attached hydrogens (tertiary/aromatic N) is 2. The Hall–Kier alpha value is -3.64. The molecule has 2 amide bonds. The standard InChI is InChI=1S/C23H18ClN3O3/c1-30-19-10-9-17(12-18(19)24)26-21-20(16-7-3-2-4-8-16)22(28)27(23(21)29)14-15-6-5-11-25-13-15/h2-13,26H,14H2,1H3. The molecule has 7 heteroatoms. The van der Waals surface area contributed by atoms with E-state index in [-0.39, 0.29) is 18.1 Å². The van der Waals surface area contributed by atoms with Gasteiger partial charge in [0.2, 0.25) is 0 Å². The fourth-order valence-electron chi connectivity index (χ4n) is 3.27. The first-order valence-electron chi connectivity index (χ1n) is 9.24. The highest BCUT2D eigenvalue weighted by Gasteiger charge is 2.39. The van der Waals surface area contributed by atoms with Crippen LogP contribution in [0, 0.1) is 0 Å². The molecule has 0 unspecified atom stereocenters. The SMILES string of the molecule is COc1ccc(NC2=C(c3ccccc3)C(=O)N(Cc3cccnc3)C2=O)cc1Cl. The van der Waals surface area contributed by atoms with Gasteiger partial charge in [-0.1, -0.05) is 48.0 Å². The Morgan fingerprint density at radius 2 is 1.83 bits per heavy atom. The van der Waals surface area contributed by atoms with Crippen molar-refractivity contribution in [1.29, 1.82) is 0 Å². The Bertz CT molecular complexity index is 1130. The molecule has 0 spiro atoms. The summed E-state index contributed by atoms with van der Waals surface area (Å²) in [6, 6.07) is 17.8. The van der Waals surface area contributed by atoms with Gasteiger partial charge < -0.3 is 10.1 Å². The zero-order chi connectivity index (χ0) is 21.1. The van der Waals surface area contributed by atoms with Gasteiger partial charge in [0.05, 0.1) is 24.3 Å². The predicted molar refractivity (Wildman–Crippen MR) is 115 cm³/mol. The number of pyridine rings is 1. The monoisotopic (exact) mass is 419 g/mol. The fourth-order valence-corrected chi connectivity index (χ4v) is 3.53. The summed E-state index contributed by atoms with van der Waals surface area (Å²) in [6.45, 7) is 0.135. The molecular formula is C23H18ClN3O3. The van der Waals surface area contributed by atoms with E-state index < -0.39 is 5.91 Å². The Morgan fingerprint density at radius 3 is 2.50 bits per heavy atom. The van der Waals surface area contributed by atoms with Gasteiger partial charge in [0.25, 0.3) is 11.8 Å². The van der Waals surface area contributed by atoms with Gasteiger partial charge in [0.15, 0.2) is 0 Å². The number of ether oxygens (including phenoxy) is 1. The fraction of sp³-hybridized carbons (Fsp3) is 0.0870. The number of carbonyl (C=O) groups is 2. The summed E-state index contributed by atoms with van der Waals surface area (Å²) in [5.41, 5.74) is 2.52. The maximum absolute atomic E-state index is 13.2. The quantitative estimate of drug-likeness (QED) is 0.608. The highest BCUT2D eigenvalue weighted by molar-refractivity contribution is 6.36. The Labute approximate surface area is 178 Å². The number of hydrogen-bond acceptors (Lipinski definition) is 5. The van der Waals surface area contributed by atoms with Crippen LogP contribution >= 0.6 is 11.6 Å². The van der Waals surface area contributed by atoms with Gasteiger partial charge in [-0.05, 0) is 35.4 Å². The van der Waals surface area contributed by atoms with Crippen LogP contribution in [0.5, 0.6) is 5.75 Å². The van der Waals surface area contributed by atoms with Gasteiger partial charge in [0, 0.05) is 18.1 Å². The van der Waals surface area contributed by atoms with Crippen molar-refractivity contribution in [2.24, 2.45) is 0 Å². The highest BCUT2D eigenvalue weighted by Crippen LogP contribution is 2.33. The third-order valence-electron chi connectivity index (χ3n) is 4.72. The summed E-state index contributed by atoms with van der Waals surface area (Å²) in [7, 11) is 1.53. The lowest BCUT2D eigenvalue weighted by atomic mass is 10.0. The number of hydrogen-bond donors (Lipinski definition) is 1. The van der Waals surface area contributed by atoms with Crippen LogP contribution in [-0.2, 0) is 16.1 Å². The summed E-state index contributed by atoms with van der Waals surface area (Å²) < 4.78 is 5.18. The number of rotatable bonds is 6. The predicted octanol–water partition coefficient (Wildman–Crippen LogP) is 4.14. The van der Waals surface area contributed by atoms with Crippen molar-refractivity contribution >= 4 is 34.7 Å². The number of benzene rings is 2. The lowest BCUT2D eigenvalue weighted by Gasteiger charge is -2.15. The van der Waals surface area contributed by atoms with Gasteiger partial charge >= 0.3 is 0 Å². The second-order valence-corrected chi connectivity index (χ2v) is 7.06. The molecule has 0 radical (unpaired) electrons. The van der Waals surface area contributed by atoms with E-state index in [0.29, 0.717) is 27.6 Å². The van der Waals surface area contributed by atoms with E-state index in [1.54, 1.807) is 48.8 Å². The second-order valence-electron chi connectivity index (χ2n) is 6.65. The van der Waals surface area contributed by atoms with Crippen LogP contribution in [0.15, 0.2) is 78.8 Å². The van der Waals surface area contributed by atoms with Gasteiger partial charge in [-0.15, -0.1) is 0 Å². The molecule has 0 bridgehead atoms. The van der Waals surface area contributed by atoms with E-state index in [4.69, 9.17) is 16.3 Å². The lowest BCUT2D eigenvalue weighted by Crippen LogP contribution is -2.32. The van der Waals surface area contributed by atoms with Crippen molar-refractivity contribution in [3.63, 3.8) is 0 Å². The summed E-state index contributed by atoms with van der Waals surface area (Å²) in [5, 5.41) is 3.49. The third kappa shape index (κ3) is 3.77. The molecule has 0 aliphatic carbocycles. The number of halogens is 1. The summed E-state index contributed by atoms with van der Waals surface area (Å²) in [4.78, 5) is 31.7. The number of anilines is 1. The van der Waals surface area contributed by atoms with Crippen molar-refractivity contribution in [2.45, 2.75) is 6.54 Å². The van der Waals surface area contributed by atoms with Crippen LogP contribution in [0.3, 0.4) is 0 Å². The minimum atomic E-state index is -0.408. The van der Waals surface area contributed by atoms with E-state index >= 15 is 0 Å². The molecule has 0 fully saturated rings. The number of amides is 2. The average Bonchev–Trinajstić information content (AvgIpc) is 2.99. The van der Waals surface area contributed by atoms with Crippen LogP contribution in [0.25, 0.3) is 5.57 Å². The van der Waals surface area contributed by atoms with E-state index in [1.807, 2.05) is 24.3 Å². The minimum Gasteiger partial charge on any atom is -0.495 e. The van der Waals surface area contributed by atoms with Crippen LogP contribution in [-0.4, -0.2) is 28.8 Å². The molecule has 2 aromatic carbocycles. The van der Waals surface area contributed by atoms with E-state index in [2.05, 4.69) is 10.3 Å². The first-order chi connectivity index (χ1) is 14.6. The number of aromatic nitrogens is 1. The molecule has 0 atom stereocenters. The topological polar surface area (TPSA) is 71.5 Å². The molecular weight excluding hydrogens is 402 g/mol. The average molecular weight is 420 g/mol. The molecule has 150 valence electrons. The molecule has 0 saturated carbocycles. The maximum Gasteiger partial charge on any atom is 0.278 e. The molecule has 4 rings (SSSR count). The molecule has 1 aliphatic heterocycles. The Kier molecular flexibility index (Phi) is 5.50. The second kappa shape index (κ2) is 8.39. The summed E-state index contributed by atoms with van der Waals surface area (Å²) in [6.07, 6.45) is 3.28. The maximum atomic E-state index is 13.2. The molecule has 3 aromatic rings. The van der Waals surface area contributed by atoms with Crippen molar-refractivity contribution in [1.82, 2.24) is 9.88 Å². The molecule has 0 saturated heterocycles. The van der Waals surface area contributed by atoms with Crippen molar-refractivity contribution in [3.8, 4) is 5.75 Å². The van der Waals surface area contributed by atoms with E-state index in [1.165, 1.54) is 12.0 Å².